The molecule has 1 N–H and O–H groups in total. The molecule has 0 aliphatic carbocycles. The van der Waals surface area contributed by atoms with E-state index in [0.29, 0.717) is 33.1 Å². The molecule has 2 aromatic rings. The fourth-order valence-corrected chi connectivity index (χ4v) is 4.36. The number of aromatic nitrogens is 2. The second kappa shape index (κ2) is 8.62. The molecule has 0 spiro atoms. The zero-order chi connectivity index (χ0) is 21.1. The molecule has 1 aliphatic heterocycles. The quantitative estimate of drug-likeness (QED) is 0.690. The molecule has 0 bridgehead atoms. The van der Waals surface area contributed by atoms with Crippen LogP contribution in [0.4, 0.5) is 5.13 Å². The van der Waals surface area contributed by atoms with E-state index in [0.717, 1.165) is 16.8 Å². The van der Waals surface area contributed by atoms with E-state index in [1.54, 1.807) is 12.1 Å². The molecule has 0 saturated carbocycles. The molecular formula is C18H18N4O5S2. The first kappa shape index (κ1) is 20.8. The molecule has 1 aromatic carbocycles. The highest BCUT2D eigenvalue weighted by Crippen LogP contribution is 2.38. The number of thioether (sulfide) groups is 1. The number of carbonyl (C=O) groups is 2. The molecule has 3 rings (SSSR count). The average molecular weight is 434 g/mol. The SMILES string of the molecule is CCN1C(=O)/C(=C\c2ccc(OC)c(OC)c2C(=O)O)S/C1=N/c1nnc(C)s1. The van der Waals surface area contributed by atoms with Crippen molar-refractivity contribution in [3.63, 3.8) is 0 Å². The van der Waals surface area contributed by atoms with Gasteiger partial charge in [0.1, 0.15) is 10.6 Å². The minimum absolute atomic E-state index is 0.0825. The van der Waals surface area contributed by atoms with E-state index in [-0.39, 0.29) is 17.2 Å². The summed E-state index contributed by atoms with van der Waals surface area (Å²) in [5, 5.41) is 19.3. The molecule has 29 heavy (non-hydrogen) atoms. The van der Waals surface area contributed by atoms with Gasteiger partial charge in [-0.15, -0.1) is 10.2 Å². The van der Waals surface area contributed by atoms with Crippen LogP contribution in [0.15, 0.2) is 22.0 Å². The first-order valence-electron chi connectivity index (χ1n) is 8.48. The average Bonchev–Trinajstić information content (AvgIpc) is 3.23. The Morgan fingerprint density at radius 3 is 2.62 bits per heavy atom. The number of aryl methyl sites for hydroxylation is 1. The fourth-order valence-electron chi connectivity index (χ4n) is 2.71. The summed E-state index contributed by atoms with van der Waals surface area (Å²) in [6.07, 6.45) is 1.52. The molecule has 0 atom stereocenters. The zero-order valence-corrected chi connectivity index (χ0v) is 17.8. The molecule has 1 aromatic heterocycles. The maximum atomic E-state index is 12.8. The van der Waals surface area contributed by atoms with Crippen molar-refractivity contribution < 1.29 is 24.2 Å². The van der Waals surface area contributed by atoms with Crippen molar-refractivity contribution >= 4 is 51.4 Å². The normalized spacial score (nSPS) is 16.7. The highest BCUT2D eigenvalue weighted by atomic mass is 32.2. The number of amides is 1. The van der Waals surface area contributed by atoms with E-state index in [1.807, 2.05) is 13.8 Å². The van der Waals surface area contributed by atoms with Crippen molar-refractivity contribution in [2.45, 2.75) is 13.8 Å². The van der Waals surface area contributed by atoms with Crippen LogP contribution in [0.3, 0.4) is 0 Å². The number of carboxylic acid groups (broad SMARTS) is 1. The van der Waals surface area contributed by atoms with Crippen LogP contribution in [-0.4, -0.2) is 58.0 Å². The summed E-state index contributed by atoms with van der Waals surface area (Å²) < 4.78 is 10.4. The van der Waals surface area contributed by atoms with Gasteiger partial charge < -0.3 is 14.6 Å². The monoisotopic (exact) mass is 434 g/mol. The number of nitrogens with zero attached hydrogens (tertiary/aromatic N) is 4. The van der Waals surface area contributed by atoms with Gasteiger partial charge in [-0.25, -0.2) is 4.79 Å². The molecular weight excluding hydrogens is 416 g/mol. The Labute approximate surface area is 175 Å². The number of ether oxygens (including phenoxy) is 2. The summed E-state index contributed by atoms with van der Waals surface area (Å²) in [7, 11) is 2.79. The van der Waals surface area contributed by atoms with Gasteiger partial charge in [0.05, 0.1) is 19.1 Å². The van der Waals surface area contributed by atoms with Crippen LogP contribution in [-0.2, 0) is 4.79 Å². The minimum Gasteiger partial charge on any atom is -0.493 e. The van der Waals surface area contributed by atoms with Crippen LogP contribution in [0.25, 0.3) is 6.08 Å². The molecule has 1 amide bonds. The lowest BCUT2D eigenvalue weighted by atomic mass is 10.0. The molecule has 11 heteroatoms. The zero-order valence-electron chi connectivity index (χ0n) is 16.1. The third-order valence-electron chi connectivity index (χ3n) is 3.99. The summed E-state index contributed by atoms with van der Waals surface area (Å²) in [6.45, 7) is 4.07. The van der Waals surface area contributed by atoms with Gasteiger partial charge in [-0.05, 0) is 43.3 Å². The number of hydrogen-bond acceptors (Lipinski definition) is 9. The highest BCUT2D eigenvalue weighted by molar-refractivity contribution is 8.18. The number of carbonyl (C=O) groups excluding carboxylic acids is 1. The number of aliphatic imine (C=N–C) groups is 1. The van der Waals surface area contributed by atoms with E-state index in [9.17, 15) is 14.7 Å². The Balaban J connectivity index is 2.06. The molecule has 0 radical (unpaired) electrons. The van der Waals surface area contributed by atoms with Crippen LogP contribution >= 0.6 is 23.1 Å². The number of benzene rings is 1. The van der Waals surface area contributed by atoms with Crippen LogP contribution in [0.2, 0.25) is 0 Å². The van der Waals surface area contributed by atoms with Gasteiger partial charge in [0.25, 0.3) is 5.91 Å². The molecule has 152 valence electrons. The predicted molar refractivity (Wildman–Crippen MR) is 111 cm³/mol. The number of carboxylic acids is 1. The first-order chi connectivity index (χ1) is 13.9. The van der Waals surface area contributed by atoms with Gasteiger partial charge in [-0.1, -0.05) is 17.4 Å². The standard InChI is InChI=1S/C18H18N4O5S2/c1-5-22-15(23)12(29-18(22)19-17-21-20-9(2)28-17)8-10-6-7-11(26-3)14(27-4)13(10)16(24)25/h6-8H,5H2,1-4H3,(H,24,25)/b12-8+,19-18+. The smallest absolute Gasteiger partial charge is 0.340 e. The first-order valence-corrected chi connectivity index (χ1v) is 10.1. The van der Waals surface area contributed by atoms with Gasteiger partial charge in [0.15, 0.2) is 16.7 Å². The van der Waals surface area contributed by atoms with Crippen molar-refractivity contribution in [2.24, 2.45) is 4.99 Å². The Kier molecular flexibility index (Phi) is 6.18. The summed E-state index contributed by atoms with van der Waals surface area (Å²) in [4.78, 5) is 31.0. The van der Waals surface area contributed by atoms with Gasteiger partial charge >= 0.3 is 5.97 Å². The summed E-state index contributed by atoms with van der Waals surface area (Å²) in [5.41, 5.74) is 0.246. The van der Waals surface area contributed by atoms with Crippen molar-refractivity contribution in [2.75, 3.05) is 20.8 Å². The summed E-state index contributed by atoms with van der Waals surface area (Å²) in [6, 6.07) is 3.17. The fraction of sp³-hybridized carbons (Fsp3) is 0.278. The van der Waals surface area contributed by atoms with Crippen molar-refractivity contribution in [3.05, 3.63) is 33.2 Å². The van der Waals surface area contributed by atoms with Gasteiger partial charge in [-0.2, -0.15) is 4.99 Å². The van der Waals surface area contributed by atoms with Crippen molar-refractivity contribution in [1.29, 1.82) is 0 Å². The second-order valence-corrected chi connectivity index (χ2v) is 7.90. The summed E-state index contributed by atoms with van der Waals surface area (Å²) in [5.74, 6) is -1.06. The van der Waals surface area contributed by atoms with Crippen molar-refractivity contribution in [1.82, 2.24) is 15.1 Å². The van der Waals surface area contributed by atoms with Crippen LogP contribution < -0.4 is 9.47 Å². The third kappa shape index (κ3) is 4.10. The Morgan fingerprint density at radius 2 is 2.07 bits per heavy atom. The Bertz CT molecular complexity index is 1030. The van der Waals surface area contributed by atoms with Crippen LogP contribution in [0, 0.1) is 6.92 Å². The lowest BCUT2D eigenvalue weighted by Crippen LogP contribution is -2.28. The molecule has 2 heterocycles. The molecule has 1 aliphatic rings. The number of likely N-dealkylation sites (N-methyl/N-ethyl adjacent to an activating group) is 1. The second-order valence-electron chi connectivity index (χ2n) is 5.73. The largest absolute Gasteiger partial charge is 0.493 e. The lowest BCUT2D eigenvalue weighted by Gasteiger charge is -2.13. The van der Waals surface area contributed by atoms with Crippen molar-refractivity contribution in [3.8, 4) is 11.5 Å². The van der Waals surface area contributed by atoms with E-state index < -0.39 is 5.97 Å². The molecule has 1 fully saturated rings. The molecule has 9 nitrogen and oxygen atoms in total. The minimum atomic E-state index is -1.19. The number of hydrogen-bond donors (Lipinski definition) is 1. The summed E-state index contributed by atoms with van der Waals surface area (Å²) >= 11 is 2.48. The number of methoxy groups -OCH3 is 2. The van der Waals surface area contributed by atoms with Gasteiger partial charge in [0, 0.05) is 6.54 Å². The number of amidine groups is 1. The molecule has 0 unspecified atom stereocenters. The number of rotatable bonds is 6. The Hall–Kier alpha value is -2.92. The lowest BCUT2D eigenvalue weighted by molar-refractivity contribution is -0.122. The van der Waals surface area contributed by atoms with E-state index in [1.165, 1.54) is 36.5 Å². The number of aromatic carboxylic acids is 1. The highest BCUT2D eigenvalue weighted by Gasteiger charge is 2.33. The maximum Gasteiger partial charge on any atom is 0.340 e. The third-order valence-corrected chi connectivity index (χ3v) is 5.73. The predicted octanol–water partition coefficient (Wildman–Crippen LogP) is 3.19. The molecule has 1 saturated heterocycles. The van der Waals surface area contributed by atoms with Crippen LogP contribution in [0.5, 0.6) is 11.5 Å². The van der Waals surface area contributed by atoms with Gasteiger partial charge in [0.2, 0.25) is 5.13 Å². The van der Waals surface area contributed by atoms with E-state index in [2.05, 4.69) is 15.2 Å². The van der Waals surface area contributed by atoms with Crippen LogP contribution in [0.1, 0.15) is 27.9 Å². The topological polar surface area (TPSA) is 114 Å². The van der Waals surface area contributed by atoms with Gasteiger partial charge in [-0.3, -0.25) is 9.69 Å². The maximum absolute atomic E-state index is 12.8. The van der Waals surface area contributed by atoms with E-state index in [4.69, 9.17) is 9.47 Å². The Morgan fingerprint density at radius 1 is 1.31 bits per heavy atom. The van der Waals surface area contributed by atoms with E-state index >= 15 is 0 Å².